The standard InChI is InChI=1S/C23H24Cl2N2O3/c1-15-4-6-16(7-5-15)10-12-27-14-18(21(28)23(27)30)22(29)26-11-2-3-17-8-9-19(24)20(25)13-17/h4-9,13,18H,2-3,10-12,14H2,1H3,(H,26,29). The van der Waals surface area contributed by atoms with E-state index in [4.69, 9.17) is 23.2 Å². The minimum Gasteiger partial charge on any atom is -0.355 e. The van der Waals surface area contributed by atoms with E-state index in [1.807, 2.05) is 37.3 Å². The van der Waals surface area contributed by atoms with E-state index < -0.39 is 17.6 Å². The molecule has 0 radical (unpaired) electrons. The van der Waals surface area contributed by atoms with Crippen LogP contribution in [0.4, 0.5) is 0 Å². The summed E-state index contributed by atoms with van der Waals surface area (Å²) in [5.74, 6) is -2.51. The van der Waals surface area contributed by atoms with Crippen LogP contribution in [-0.4, -0.2) is 42.1 Å². The van der Waals surface area contributed by atoms with E-state index in [1.165, 1.54) is 10.5 Å². The molecule has 1 atom stereocenters. The quantitative estimate of drug-likeness (QED) is 0.382. The normalized spacial score (nSPS) is 16.2. The van der Waals surface area contributed by atoms with Crippen molar-refractivity contribution in [2.75, 3.05) is 19.6 Å². The number of rotatable bonds is 8. The summed E-state index contributed by atoms with van der Waals surface area (Å²) in [6, 6.07) is 13.5. The zero-order valence-electron chi connectivity index (χ0n) is 16.8. The number of nitrogens with zero attached hydrogens (tertiary/aromatic N) is 1. The zero-order chi connectivity index (χ0) is 21.7. The lowest BCUT2D eigenvalue weighted by molar-refractivity contribution is -0.142. The van der Waals surface area contributed by atoms with Gasteiger partial charge < -0.3 is 10.2 Å². The molecule has 1 fully saturated rings. The molecule has 2 amide bonds. The van der Waals surface area contributed by atoms with Crippen molar-refractivity contribution in [3.05, 3.63) is 69.2 Å². The van der Waals surface area contributed by atoms with Gasteiger partial charge in [-0.25, -0.2) is 0 Å². The fourth-order valence-electron chi connectivity index (χ4n) is 3.43. The van der Waals surface area contributed by atoms with Gasteiger partial charge in [-0.15, -0.1) is 0 Å². The second kappa shape index (κ2) is 10.1. The molecule has 5 nitrogen and oxygen atoms in total. The van der Waals surface area contributed by atoms with Gasteiger partial charge >= 0.3 is 0 Å². The maximum atomic E-state index is 12.4. The lowest BCUT2D eigenvalue weighted by Crippen LogP contribution is -2.36. The molecule has 1 saturated heterocycles. The summed E-state index contributed by atoms with van der Waals surface area (Å²) in [6.45, 7) is 3.00. The number of carbonyl (C=O) groups excluding carboxylic acids is 3. The van der Waals surface area contributed by atoms with Crippen molar-refractivity contribution in [2.45, 2.75) is 26.2 Å². The molecule has 1 N–H and O–H groups in total. The Kier molecular flexibility index (Phi) is 7.51. The second-order valence-electron chi connectivity index (χ2n) is 7.55. The monoisotopic (exact) mass is 446 g/mol. The first-order chi connectivity index (χ1) is 14.3. The number of Topliss-reactive ketones (excluding diaryl/α,β-unsaturated/α-hetero) is 1. The van der Waals surface area contributed by atoms with E-state index in [-0.39, 0.29) is 12.5 Å². The van der Waals surface area contributed by atoms with Gasteiger partial charge in [0.1, 0.15) is 5.92 Å². The largest absolute Gasteiger partial charge is 0.355 e. The summed E-state index contributed by atoms with van der Waals surface area (Å²) in [5, 5.41) is 3.78. The molecule has 0 spiro atoms. The van der Waals surface area contributed by atoms with E-state index >= 15 is 0 Å². The summed E-state index contributed by atoms with van der Waals surface area (Å²) in [5.41, 5.74) is 3.28. The van der Waals surface area contributed by atoms with Crippen LogP contribution in [0.1, 0.15) is 23.1 Å². The van der Waals surface area contributed by atoms with Crippen molar-refractivity contribution in [1.82, 2.24) is 10.2 Å². The van der Waals surface area contributed by atoms with Crippen molar-refractivity contribution in [3.8, 4) is 0 Å². The molecule has 1 aliphatic heterocycles. The molecular formula is C23H24Cl2N2O3. The maximum Gasteiger partial charge on any atom is 0.290 e. The van der Waals surface area contributed by atoms with Crippen LogP contribution in [0.15, 0.2) is 42.5 Å². The van der Waals surface area contributed by atoms with Crippen LogP contribution in [0.2, 0.25) is 10.0 Å². The number of halogens is 2. The van der Waals surface area contributed by atoms with Crippen LogP contribution in [-0.2, 0) is 27.2 Å². The SMILES string of the molecule is Cc1ccc(CCN2CC(C(=O)NCCCc3ccc(Cl)c(Cl)c3)C(=O)C2=O)cc1. The lowest BCUT2D eigenvalue weighted by atomic mass is 10.1. The number of likely N-dealkylation sites (tertiary alicyclic amines) is 1. The Balaban J connectivity index is 1.44. The molecule has 0 aliphatic carbocycles. The molecule has 0 aromatic heterocycles. The number of aryl methyl sites for hydroxylation is 2. The van der Waals surface area contributed by atoms with Crippen molar-refractivity contribution < 1.29 is 14.4 Å². The summed E-state index contributed by atoms with van der Waals surface area (Å²) in [6.07, 6.45) is 2.06. The van der Waals surface area contributed by atoms with Crippen LogP contribution in [0.25, 0.3) is 0 Å². The van der Waals surface area contributed by atoms with Crippen LogP contribution < -0.4 is 5.32 Å². The van der Waals surface area contributed by atoms with Crippen LogP contribution in [0.3, 0.4) is 0 Å². The third-order valence-corrected chi connectivity index (χ3v) is 5.99. The first kappa shape index (κ1) is 22.3. The fourth-order valence-corrected chi connectivity index (χ4v) is 3.75. The molecule has 30 heavy (non-hydrogen) atoms. The maximum absolute atomic E-state index is 12.4. The molecule has 1 heterocycles. The molecule has 2 aromatic carbocycles. The molecule has 1 aliphatic rings. The number of ketones is 1. The summed E-state index contributed by atoms with van der Waals surface area (Å²) in [7, 11) is 0. The number of hydrogen-bond donors (Lipinski definition) is 1. The van der Waals surface area contributed by atoms with E-state index in [2.05, 4.69) is 5.32 Å². The Labute approximate surface area is 186 Å². The highest BCUT2D eigenvalue weighted by Crippen LogP contribution is 2.23. The molecule has 2 aromatic rings. The van der Waals surface area contributed by atoms with Gasteiger partial charge in [-0.05, 0) is 49.4 Å². The van der Waals surface area contributed by atoms with Gasteiger partial charge in [0.25, 0.3) is 5.91 Å². The first-order valence-corrected chi connectivity index (χ1v) is 10.7. The van der Waals surface area contributed by atoms with Gasteiger partial charge in [0.15, 0.2) is 0 Å². The highest BCUT2D eigenvalue weighted by molar-refractivity contribution is 6.42. The third kappa shape index (κ3) is 5.61. The predicted octanol–water partition coefficient (Wildman–Crippen LogP) is 3.62. The van der Waals surface area contributed by atoms with Crippen LogP contribution in [0, 0.1) is 12.8 Å². The minimum atomic E-state index is -0.930. The van der Waals surface area contributed by atoms with Gasteiger partial charge in [0, 0.05) is 19.6 Å². The van der Waals surface area contributed by atoms with Crippen molar-refractivity contribution >= 4 is 40.8 Å². The van der Waals surface area contributed by atoms with Gasteiger partial charge in [-0.3, -0.25) is 14.4 Å². The smallest absolute Gasteiger partial charge is 0.290 e. The average Bonchev–Trinajstić information content (AvgIpc) is 3.02. The Morgan fingerprint density at radius 3 is 2.43 bits per heavy atom. The molecule has 7 heteroatoms. The summed E-state index contributed by atoms with van der Waals surface area (Å²) in [4.78, 5) is 38.4. The highest BCUT2D eigenvalue weighted by Gasteiger charge is 2.42. The number of benzene rings is 2. The molecule has 0 bridgehead atoms. The molecule has 3 rings (SSSR count). The molecule has 1 unspecified atom stereocenters. The molecular weight excluding hydrogens is 423 g/mol. The number of amides is 2. The zero-order valence-corrected chi connectivity index (χ0v) is 18.3. The lowest BCUT2D eigenvalue weighted by Gasteiger charge is -2.15. The van der Waals surface area contributed by atoms with Crippen molar-refractivity contribution in [3.63, 3.8) is 0 Å². The van der Waals surface area contributed by atoms with Gasteiger partial charge in [0.05, 0.1) is 10.0 Å². The molecule has 158 valence electrons. The Morgan fingerprint density at radius 2 is 1.73 bits per heavy atom. The predicted molar refractivity (Wildman–Crippen MR) is 118 cm³/mol. The fraction of sp³-hybridized carbons (Fsp3) is 0.348. The Hall–Kier alpha value is -2.37. The van der Waals surface area contributed by atoms with E-state index in [1.54, 1.807) is 12.1 Å². The third-order valence-electron chi connectivity index (χ3n) is 5.25. The van der Waals surface area contributed by atoms with Gasteiger partial charge in [0.2, 0.25) is 11.7 Å². The number of carbonyl (C=O) groups is 3. The topological polar surface area (TPSA) is 66.5 Å². The van der Waals surface area contributed by atoms with Gasteiger partial charge in [-0.2, -0.15) is 0 Å². The Bertz CT molecular complexity index is 944. The van der Waals surface area contributed by atoms with Crippen molar-refractivity contribution in [1.29, 1.82) is 0 Å². The van der Waals surface area contributed by atoms with E-state index in [0.29, 0.717) is 36.0 Å². The second-order valence-corrected chi connectivity index (χ2v) is 8.36. The van der Waals surface area contributed by atoms with E-state index in [0.717, 1.165) is 17.5 Å². The van der Waals surface area contributed by atoms with Crippen LogP contribution >= 0.6 is 23.2 Å². The number of hydrogen-bond acceptors (Lipinski definition) is 3. The number of nitrogens with one attached hydrogen (secondary N) is 1. The first-order valence-electron chi connectivity index (χ1n) is 9.95. The van der Waals surface area contributed by atoms with E-state index in [9.17, 15) is 14.4 Å². The van der Waals surface area contributed by atoms with Crippen molar-refractivity contribution in [2.24, 2.45) is 5.92 Å². The van der Waals surface area contributed by atoms with Crippen LogP contribution in [0.5, 0.6) is 0 Å². The van der Waals surface area contributed by atoms with Gasteiger partial charge in [-0.1, -0.05) is 59.1 Å². The summed E-state index contributed by atoms with van der Waals surface area (Å²) < 4.78 is 0. The average molecular weight is 447 g/mol. The highest BCUT2D eigenvalue weighted by atomic mass is 35.5. The summed E-state index contributed by atoms with van der Waals surface area (Å²) >= 11 is 11.9. The molecule has 0 saturated carbocycles. The minimum absolute atomic E-state index is 0.141. The Morgan fingerprint density at radius 1 is 1.03 bits per heavy atom.